The van der Waals surface area contributed by atoms with Crippen LogP contribution >= 0.6 is 35.0 Å². The molecule has 3 nitrogen and oxygen atoms in total. The average molecular weight is 276 g/mol. The average Bonchev–Trinajstić information content (AvgIpc) is 1.63. The van der Waals surface area contributed by atoms with Gasteiger partial charge in [-0.05, 0) is 6.92 Å². The fourth-order valence-corrected chi connectivity index (χ4v) is 0.319. The Morgan fingerprint density at radius 1 is 1.50 bits per heavy atom. The molecule has 60 valence electrons. The number of alkyl halides is 1. The summed E-state index contributed by atoms with van der Waals surface area (Å²) in [5, 5.41) is 5.43. The predicted octanol–water partition coefficient (Wildman–Crippen LogP) is 1.84. The largest absolute Gasteiger partial charge is 0.294 e. The molecule has 0 rings (SSSR count). The first-order valence-electron chi connectivity index (χ1n) is 2.60. The van der Waals surface area contributed by atoms with Crippen molar-refractivity contribution in [1.82, 2.24) is 5.01 Å². The summed E-state index contributed by atoms with van der Waals surface area (Å²) in [5.41, 5.74) is 0. The van der Waals surface area contributed by atoms with Crippen molar-refractivity contribution in [3.8, 4) is 0 Å². The predicted molar refractivity (Wildman–Crippen MR) is 54.3 cm³/mol. The van der Waals surface area contributed by atoms with Crippen LogP contribution in [0.5, 0.6) is 0 Å². The van der Waals surface area contributed by atoms with Crippen molar-refractivity contribution in [3.63, 3.8) is 0 Å². The molecule has 0 saturated carbocycles. The smallest absolute Gasteiger partial charge is 0.115 e. The van der Waals surface area contributed by atoms with E-state index in [9.17, 15) is 0 Å². The van der Waals surface area contributed by atoms with E-state index in [0.717, 1.165) is 0 Å². The number of halogens is 2. The number of hydrogen-bond acceptors (Lipinski definition) is 3. The Bertz CT molecular complexity index is 117. The third kappa shape index (κ3) is 11.1. The van der Waals surface area contributed by atoms with Gasteiger partial charge in [-0.3, -0.25) is 5.01 Å². The van der Waals surface area contributed by atoms with E-state index in [1.807, 2.05) is 21.0 Å². The van der Waals surface area contributed by atoms with Gasteiger partial charge in [0, 0.05) is 14.1 Å². The monoisotopic (exact) mass is 275 g/mol. The van der Waals surface area contributed by atoms with Crippen LogP contribution in [0, 0.1) is 0 Å². The van der Waals surface area contributed by atoms with Gasteiger partial charge in [0.1, 0.15) is 10.1 Å². The zero-order chi connectivity index (χ0) is 7.28. The Morgan fingerprint density at radius 3 is 2.30 bits per heavy atom. The zero-order valence-electron chi connectivity index (χ0n) is 6.21. The Labute approximate surface area is 81.1 Å². The molecule has 0 spiro atoms. The molecule has 0 bridgehead atoms. The summed E-state index contributed by atoms with van der Waals surface area (Å²) in [4.78, 5) is 3.89. The van der Waals surface area contributed by atoms with E-state index in [1.165, 1.54) is 0 Å². The first-order valence-corrected chi connectivity index (χ1v) is 3.84. The van der Waals surface area contributed by atoms with Crippen LogP contribution in [0.2, 0.25) is 0 Å². The molecule has 0 aromatic heterocycles. The second-order valence-corrected chi connectivity index (χ2v) is 3.55. The minimum absolute atomic E-state index is 0. The van der Waals surface area contributed by atoms with E-state index >= 15 is 0 Å². The lowest BCUT2D eigenvalue weighted by atomic mass is 10.8. The Hall–Kier alpha value is 0.200. The van der Waals surface area contributed by atoms with Gasteiger partial charge in [0.25, 0.3) is 0 Å². The first kappa shape index (κ1) is 12.8. The standard InChI is InChI=1S/C5H10IN3.ClH/c1-5(6)7-4-8-9(2)3;/h5H,1-3H3;1H. The van der Waals surface area contributed by atoms with Crippen molar-refractivity contribution >= 4 is 41.0 Å². The van der Waals surface area contributed by atoms with Crippen LogP contribution < -0.4 is 0 Å². The fourth-order valence-electron chi connectivity index (χ4n) is 0.195. The molecule has 0 aliphatic rings. The number of aliphatic imine (C=N–C) groups is 1. The highest BCUT2D eigenvalue weighted by molar-refractivity contribution is 14.1. The highest BCUT2D eigenvalue weighted by Crippen LogP contribution is 1.96. The molecule has 5 heteroatoms. The maximum absolute atomic E-state index is 3.89. The van der Waals surface area contributed by atoms with Crippen molar-refractivity contribution in [2.75, 3.05) is 14.1 Å². The highest BCUT2D eigenvalue weighted by atomic mass is 127. The minimum atomic E-state index is 0. The van der Waals surface area contributed by atoms with Crippen molar-refractivity contribution in [3.05, 3.63) is 0 Å². The van der Waals surface area contributed by atoms with Crippen molar-refractivity contribution in [2.24, 2.45) is 10.1 Å². The van der Waals surface area contributed by atoms with Crippen LogP contribution in [0.15, 0.2) is 10.1 Å². The Morgan fingerprint density at radius 2 is 2.00 bits per heavy atom. The van der Waals surface area contributed by atoms with Crippen molar-refractivity contribution in [2.45, 2.75) is 11.0 Å². The summed E-state index contributed by atoms with van der Waals surface area (Å²) in [6, 6.07) is 2.55. The quantitative estimate of drug-likeness (QED) is 0.248. The third-order valence-corrected chi connectivity index (χ3v) is 0.759. The first-order chi connectivity index (χ1) is 4.13. The number of hydrogen-bond donors (Lipinski definition) is 0. The van der Waals surface area contributed by atoms with Crippen LogP contribution in [0.1, 0.15) is 6.92 Å². The molecule has 0 aliphatic heterocycles. The summed E-state index contributed by atoms with van der Waals surface area (Å²) in [6.07, 6.45) is 0. The summed E-state index contributed by atoms with van der Waals surface area (Å²) < 4.78 is 0.256. The molecule has 0 radical (unpaired) electrons. The minimum Gasteiger partial charge on any atom is -0.294 e. The van der Waals surface area contributed by atoms with Crippen molar-refractivity contribution < 1.29 is 0 Å². The van der Waals surface area contributed by atoms with Gasteiger partial charge in [0.05, 0.1) is 0 Å². The van der Waals surface area contributed by atoms with Gasteiger partial charge in [0.15, 0.2) is 0 Å². The van der Waals surface area contributed by atoms with Crippen LogP contribution in [0.4, 0.5) is 0 Å². The van der Waals surface area contributed by atoms with Crippen LogP contribution in [0.3, 0.4) is 0 Å². The Kier molecular flexibility index (Phi) is 9.38. The second-order valence-electron chi connectivity index (χ2n) is 1.75. The highest BCUT2D eigenvalue weighted by Gasteiger charge is 1.82. The molecular weight excluding hydrogens is 264 g/mol. The lowest BCUT2D eigenvalue weighted by Gasteiger charge is -1.96. The lowest BCUT2D eigenvalue weighted by Crippen LogP contribution is -1.99. The van der Waals surface area contributed by atoms with Gasteiger partial charge in [0.2, 0.25) is 0 Å². The SMILES string of the molecule is CC(I)N=C=NN(C)C.Cl. The van der Waals surface area contributed by atoms with Gasteiger partial charge in [-0.2, -0.15) is 0 Å². The van der Waals surface area contributed by atoms with E-state index < -0.39 is 0 Å². The molecule has 0 amide bonds. The van der Waals surface area contributed by atoms with E-state index in [-0.39, 0.29) is 16.5 Å². The maximum Gasteiger partial charge on any atom is 0.115 e. The molecule has 0 heterocycles. The summed E-state index contributed by atoms with van der Waals surface area (Å²) in [7, 11) is 3.67. The molecule has 10 heavy (non-hydrogen) atoms. The number of rotatable bonds is 2. The third-order valence-electron chi connectivity index (χ3n) is 0.480. The summed E-state index contributed by atoms with van der Waals surface area (Å²) in [6.45, 7) is 1.97. The van der Waals surface area contributed by atoms with Gasteiger partial charge in [-0.1, -0.05) is 22.6 Å². The van der Waals surface area contributed by atoms with Crippen LogP contribution in [-0.2, 0) is 0 Å². The maximum atomic E-state index is 3.89. The molecule has 0 saturated heterocycles. The normalized spacial score (nSPS) is 10.4. The molecule has 0 aromatic carbocycles. The topological polar surface area (TPSA) is 28.0 Å². The number of hydrazone groups is 1. The van der Waals surface area contributed by atoms with E-state index in [4.69, 9.17) is 0 Å². The second kappa shape index (κ2) is 7.31. The Balaban J connectivity index is 0. The molecule has 1 atom stereocenters. The van der Waals surface area contributed by atoms with Crippen LogP contribution in [0.25, 0.3) is 0 Å². The summed E-state index contributed by atoms with van der Waals surface area (Å²) in [5.74, 6) is 0. The molecule has 0 fully saturated rings. The van der Waals surface area contributed by atoms with Crippen LogP contribution in [-0.4, -0.2) is 29.2 Å². The van der Waals surface area contributed by atoms with E-state index in [0.29, 0.717) is 0 Å². The fraction of sp³-hybridized carbons (Fsp3) is 0.800. The molecule has 0 aromatic rings. The lowest BCUT2D eigenvalue weighted by molar-refractivity contribution is 0.440. The van der Waals surface area contributed by atoms with Gasteiger partial charge in [-0.25, -0.2) is 4.99 Å². The van der Waals surface area contributed by atoms with E-state index in [2.05, 4.69) is 38.7 Å². The molecule has 1 unspecified atom stereocenters. The molecule has 0 aliphatic carbocycles. The van der Waals surface area contributed by atoms with Gasteiger partial charge in [-0.15, -0.1) is 17.5 Å². The molecular formula is C5H11ClIN3. The number of nitrogens with zero attached hydrogens (tertiary/aromatic N) is 3. The van der Waals surface area contributed by atoms with Crippen molar-refractivity contribution in [1.29, 1.82) is 0 Å². The van der Waals surface area contributed by atoms with Gasteiger partial charge >= 0.3 is 0 Å². The van der Waals surface area contributed by atoms with E-state index in [1.54, 1.807) is 5.01 Å². The van der Waals surface area contributed by atoms with Gasteiger partial charge < -0.3 is 0 Å². The summed E-state index contributed by atoms with van der Waals surface area (Å²) >= 11 is 2.18. The zero-order valence-corrected chi connectivity index (χ0v) is 9.18. The molecule has 0 N–H and O–H groups in total.